The van der Waals surface area contributed by atoms with Crippen LogP contribution in [0.2, 0.25) is 0 Å². The summed E-state index contributed by atoms with van der Waals surface area (Å²) in [6.45, 7) is 0. The Labute approximate surface area is 113 Å². The van der Waals surface area contributed by atoms with Crippen LogP contribution in [0.3, 0.4) is 0 Å². The number of nitrogens with zero attached hydrogens (tertiary/aromatic N) is 1. The molecule has 0 amide bonds. The molecular weight excluding hydrogens is 289 g/mol. The Balaban J connectivity index is 2.39. The Morgan fingerprint density at radius 2 is 2.11 bits per heavy atom. The minimum absolute atomic E-state index is 0.0240. The van der Waals surface area contributed by atoms with Gasteiger partial charge in [0.15, 0.2) is 0 Å². The van der Waals surface area contributed by atoms with Crippen molar-refractivity contribution in [1.29, 1.82) is 5.26 Å². The third-order valence-corrected chi connectivity index (χ3v) is 5.03. The Kier molecular flexibility index (Phi) is 3.42. The van der Waals surface area contributed by atoms with E-state index in [1.54, 1.807) is 6.07 Å². The van der Waals surface area contributed by atoms with Crippen LogP contribution >= 0.6 is 11.3 Å². The van der Waals surface area contributed by atoms with E-state index in [-0.39, 0.29) is 15.5 Å². The highest BCUT2D eigenvalue weighted by Gasteiger charge is 2.18. The van der Waals surface area contributed by atoms with Crippen molar-refractivity contribution >= 4 is 32.7 Å². The van der Waals surface area contributed by atoms with E-state index >= 15 is 0 Å². The van der Waals surface area contributed by atoms with E-state index in [1.807, 2.05) is 0 Å². The summed E-state index contributed by atoms with van der Waals surface area (Å²) in [4.78, 5) is 0. The first-order valence-electron chi connectivity index (χ1n) is 4.99. The molecule has 0 saturated heterocycles. The van der Waals surface area contributed by atoms with Crippen molar-refractivity contribution in [2.24, 2.45) is 0 Å². The summed E-state index contributed by atoms with van der Waals surface area (Å²) in [5, 5.41) is 10.3. The van der Waals surface area contributed by atoms with Crippen LogP contribution in [0.25, 0.3) is 0 Å². The summed E-state index contributed by atoms with van der Waals surface area (Å²) in [5.74, 6) is -0.611. The van der Waals surface area contributed by atoms with Crippen LogP contribution in [0.15, 0.2) is 33.9 Å². The van der Waals surface area contributed by atoms with Gasteiger partial charge in [0.05, 0.1) is 11.3 Å². The average molecular weight is 297 g/mol. The highest BCUT2D eigenvalue weighted by atomic mass is 32.2. The molecule has 0 aliphatic rings. The summed E-state index contributed by atoms with van der Waals surface area (Å²) in [7, 11) is -3.82. The van der Waals surface area contributed by atoms with Gasteiger partial charge in [-0.05, 0) is 24.3 Å². The van der Waals surface area contributed by atoms with Gasteiger partial charge in [-0.15, -0.1) is 11.3 Å². The quantitative estimate of drug-likeness (QED) is 0.907. The Bertz CT molecular complexity index is 762. The maximum atomic E-state index is 13.0. The number of nitrogens with one attached hydrogen (secondary N) is 1. The topological polar surface area (TPSA) is 96.0 Å². The molecule has 0 aliphatic heterocycles. The lowest BCUT2D eigenvalue weighted by Gasteiger charge is -2.07. The molecule has 1 heterocycles. The van der Waals surface area contributed by atoms with Gasteiger partial charge in [0, 0.05) is 11.1 Å². The summed E-state index contributed by atoms with van der Waals surface area (Å²) in [6.07, 6.45) is 0. The van der Waals surface area contributed by atoms with Gasteiger partial charge >= 0.3 is 0 Å². The number of sulfonamides is 1. The predicted molar refractivity (Wildman–Crippen MR) is 70.7 cm³/mol. The molecular formula is C11H8FN3O2S2. The number of halogens is 1. The van der Waals surface area contributed by atoms with E-state index < -0.39 is 15.8 Å². The molecule has 2 rings (SSSR count). The molecule has 0 aliphatic carbocycles. The van der Waals surface area contributed by atoms with Crippen LogP contribution in [-0.2, 0) is 10.0 Å². The second-order valence-corrected chi connectivity index (χ2v) is 6.43. The minimum Gasteiger partial charge on any atom is -0.398 e. The van der Waals surface area contributed by atoms with E-state index in [0.717, 1.165) is 23.5 Å². The lowest BCUT2D eigenvalue weighted by molar-refractivity contribution is 0.603. The van der Waals surface area contributed by atoms with Gasteiger partial charge in [-0.1, -0.05) is 0 Å². The zero-order chi connectivity index (χ0) is 14.0. The van der Waals surface area contributed by atoms with E-state index in [4.69, 9.17) is 11.0 Å². The SMILES string of the molecule is N#Cc1cc(F)ccc1NS(=O)(=O)c1cc(N)cs1. The Morgan fingerprint density at radius 3 is 2.68 bits per heavy atom. The Hall–Kier alpha value is -2.11. The summed E-state index contributed by atoms with van der Waals surface area (Å²) in [5.41, 5.74) is 5.73. The molecule has 19 heavy (non-hydrogen) atoms. The monoisotopic (exact) mass is 297 g/mol. The largest absolute Gasteiger partial charge is 0.398 e. The van der Waals surface area contributed by atoms with Gasteiger partial charge in [0.25, 0.3) is 10.0 Å². The van der Waals surface area contributed by atoms with Gasteiger partial charge in [0.1, 0.15) is 16.1 Å². The third kappa shape index (κ3) is 2.83. The molecule has 0 atom stereocenters. The van der Waals surface area contributed by atoms with Crippen LogP contribution in [-0.4, -0.2) is 8.42 Å². The molecule has 0 bridgehead atoms. The molecule has 1 aromatic carbocycles. The first kappa shape index (κ1) is 13.3. The molecule has 0 saturated carbocycles. The average Bonchev–Trinajstić information content (AvgIpc) is 2.79. The van der Waals surface area contributed by atoms with Crippen molar-refractivity contribution in [3.05, 3.63) is 41.0 Å². The fourth-order valence-electron chi connectivity index (χ4n) is 1.36. The highest BCUT2D eigenvalue weighted by molar-refractivity contribution is 7.94. The first-order valence-corrected chi connectivity index (χ1v) is 7.35. The second kappa shape index (κ2) is 4.87. The lowest BCUT2D eigenvalue weighted by atomic mass is 10.2. The van der Waals surface area contributed by atoms with Crippen LogP contribution < -0.4 is 10.5 Å². The van der Waals surface area contributed by atoms with Crippen LogP contribution in [0.4, 0.5) is 15.8 Å². The summed E-state index contributed by atoms with van der Waals surface area (Å²) in [6, 6.07) is 6.26. The van der Waals surface area contributed by atoms with Crippen molar-refractivity contribution in [1.82, 2.24) is 0 Å². The van der Waals surface area contributed by atoms with Gasteiger partial charge in [-0.25, -0.2) is 12.8 Å². The molecule has 0 fully saturated rings. The summed E-state index contributed by atoms with van der Waals surface area (Å²) >= 11 is 0.960. The summed E-state index contributed by atoms with van der Waals surface area (Å²) < 4.78 is 39.2. The van der Waals surface area contributed by atoms with Crippen molar-refractivity contribution in [3.63, 3.8) is 0 Å². The number of nitrogens with two attached hydrogens (primary N) is 1. The Morgan fingerprint density at radius 1 is 1.37 bits per heavy atom. The molecule has 2 aromatic rings. The van der Waals surface area contributed by atoms with Crippen molar-refractivity contribution in [2.75, 3.05) is 10.5 Å². The van der Waals surface area contributed by atoms with Crippen LogP contribution in [0, 0.1) is 17.1 Å². The standard InChI is InChI=1S/C11H8FN3O2S2/c12-8-1-2-10(7(3-8)5-13)15-19(16,17)11-4-9(14)6-18-11/h1-4,6,15H,14H2. The maximum Gasteiger partial charge on any atom is 0.271 e. The zero-order valence-corrected chi connectivity index (χ0v) is 11.1. The van der Waals surface area contributed by atoms with Gasteiger partial charge in [-0.2, -0.15) is 5.26 Å². The van der Waals surface area contributed by atoms with E-state index in [9.17, 15) is 12.8 Å². The maximum absolute atomic E-state index is 13.0. The van der Waals surface area contributed by atoms with Crippen LogP contribution in [0.1, 0.15) is 5.56 Å². The molecule has 0 radical (unpaired) electrons. The predicted octanol–water partition coefficient (Wildman–Crippen LogP) is 2.14. The number of hydrogen-bond donors (Lipinski definition) is 2. The molecule has 98 valence electrons. The minimum atomic E-state index is -3.82. The van der Waals surface area contributed by atoms with Gasteiger partial charge in [0.2, 0.25) is 0 Å². The number of thiophene rings is 1. The number of anilines is 2. The van der Waals surface area contributed by atoms with Crippen molar-refractivity contribution < 1.29 is 12.8 Å². The van der Waals surface area contributed by atoms with Crippen LogP contribution in [0.5, 0.6) is 0 Å². The second-order valence-electron chi connectivity index (χ2n) is 3.61. The number of hydrogen-bond acceptors (Lipinski definition) is 5. The lowest BCUT2D eigenvalue weighted by Crippen LogP contribution is -2.12. The fourth-order valence-corrected chi connectivity index (χ4v) is 3.52. The molecule has 0 spiro atoms. The smallest absolute Gasteiger partial charge is 0.271 e. The van der Waals surface area contributed by atoms with Crippen molar-refractivity contribution in [2.45, 2.75) is 4.21 Å². The molecule has 3 N–H and O–H groups in total. The fraction of sp³-hybridized carbons (Fsp3) is 0. The van der Waals surface area contributed by atoms with E-state index in [0.29, 0.717) is 5.69 Å². The van der Waals surface area contributed by atoms with Gasteiger partial charge < -0.3 is 5.73 Å². The first-order chi connectivity index (χ1) is 8.92. The number of nitrogen functional groups attached to an aromatic ring is 1. The number of benzene rings is 1. The molecule has 1 aromatic heterocycles. The third-order valence-electron chi connectivity index (χ3n) is 2.21. The molecule has 5 nitrogen and oxygen atoms in total. The van der Waals surface area contributed by atoms with Crippen molar-refractivity contribution in [3.8, 4) is 6.07 Å². The normalized spacial score (nSPS) is 10.9. The zero-order valence-electron chi connectivity index (χ0n) is 9.42. The van der Waals surface area contributed by atoms with E-state index in [1.165, 1.54) is 17.5 Å². The molecule has 8 heteroatoms. The van der Waals surface area contributed by atoms with E-state index in [2.05, 4.69) is 4.72 Å². The molecule has 0 unspecified atom stereocenters. The number of nitriles is 1. The van der Waals surface area contributed by atoms with Gasteiger partial charge in [-0.3, -0.25) is 4.72 Å². The highest BCUT2D eigenvalue weighted by Crippen LogP contribution is 2.25. The number of rotatable bonds is 3.